The quantitative estimate of drug-likeness (QED) is 0.767. The molecule has 0 bridgehead atoms. The van der Waals surface area contributed by atoms with Gasteiger partial charge in [0.05, 0.1) is 10.5 Å². The van der Waals surface area contributed by atoms with Crippen molar-refractivity contribution in [2.75, 3.05) is 6.54 Å². The van der Waals surface area contributed by atoms with Gasteiger partial charge in [-0.2, -0.15) is 0 Å². The van der Waals surface area contributed by atoms with Gasteiger partial charge in [0, 0.05) is 27.7 Å². The molecule has 0 radical (unpaired) electrons. The Hall–Kier alpha value is -0.590. The molecule has 4 nitrogen and oxygen atoms in total. The van der Waals surface area contributed by atoms with Crippen molar-refractivity contribution in [2.24, 2.45) is 0 Å². The molecule has 1 amide bonds. The van der Waals surface area contributed by atoms with Gasteiger partial charge in [0.25, 0.3) is 15.0 Å². The van der Waals surface area contributed by atoms with Crippen molar-refractivity contribution >= 4 is 41.6 Å². The highest BCUT2D eigenvalue weighted by molar-refractivity contribution is 9.10. The molecule has 0 aromatic heterocycles. The van der Waals surface area contributed by atoms with Crippen LogP contribution in [0.1, 0.15) is 31.1 Å². The minimum absolute atomic E-state index is 0.0284. The monoisotopic (exact) mass is 367 g/mol. The number of carbonyl (C=O) groups is 1. The standard InChI is InChI=1S/C12H15BrClNO3S/c1-4-15(8(2)3)12(16)10-7-9(19(14,17)18)5-6-11(10)13/h5-8H,4H2,1-3H3. The van der Waals surface area contributed by atoms with Gasteiger partial charge in [-0.1, -0.05) is 0 Å². The van der Waals surface area contributed by atoms with Gasteiger partial charge in [-0.05, 0) is 54.9 Å². The fourth-order valence-corrected chi connectivity index (χ4v) is 2.91. The first-order valence-electron chi connectivity index (χ1n) is 5.73. The van der Waals surface area contributed by atoms with Crippen molar-refractivity contribution in [2.45, 2.75) is 31.7 Å². The summed E-state index contributed by atoms with van der Waals surface area (Å²) in [6.45, 7) is 6.21. The van der Waals surface area contributed by atoms with E-state index in [1.165, 1.54) is 18.2 Å². The van der Waals surface area contributed by atoms with Crippen LogP contribution in [0.2, 0.25) is 0 Å². The second-order valence-electron chi connectivity index (χ2n) is 4.26. The molecule has 0 saturated heterocycles. The van der Waals surface area contributed by atoms with Crippen LogP contribution in [-0.2, 0) is 9.05 Å². The molecule has 0 aliphatic rings. The van der Waals surface area contributed by atoms with Crippen molar-refractivity contribution in [1.29, 1.82) is 0 Å². The van der Waals surface area contributed by atoms with Gasteiger partial charge >= 0.3 is 0 Å². The summed E-state index contributed by atoms with van der Waals surface area (Å²) >= 11 is 3.26. The highest BCUT2D eigenvalue weighted by Gasteiger charge is 2.21. The zero-order valence-corrected chi connectivity index (χ0v) is 14.0. The molecule has 0 fully saturated rings. The average Bonchev–Trinajstić information content (AvgIpc) is 2.28. The number of hydrogen-bond acceptors (Lipinski definition) is 3. The molecule has 0 unspecified atom stereocenters. The second kappa shape index (κ2) is 6.24. The fourth-order valence-electron chi connectivity index (χ4n) is 1.72. The second-order valence-corrected chi connectivity index (χ2v) is 7.68. The molecule has 0 aliphatic carbocycles. The molecule has 106 valence electrons. The lowest BCUT2D eigenvalue weighted by molar-refractivity contribution is 0.0715. The minimum Gasteiger partial charge on any atom is -0.336 e. The highest BCUT2D eigenvalue weighted by Crippen LogP contribution is 2.25. The Morgan fingerprint density at radius 2 is 2.00 bits per heavy atom. The summed E-state index contributed by atoms with van der Waals surface area (Å²) in [5.74, 6) is -0.230. The predicted molar refractivity (Wildman–Crippen MR) is 79.0 cm³/mol. The van der Waals surface area contributed by atoms with E-state index in [4.69, 9.17) is 10.7 Å². The molecule has 1 aromatic carbocycles. The van der Waals surface area contributed by atoms with Gasteiger partial charge in [0.1, 0.15) is 0 Å². The van der Waals surface area contributed by atoms with Gasteiger partial charge < -0.3 is 4.90 Å². The molecule has 0 N–H and O–H groups in total. The van der Waals surface area contributed by atoms with E-state index in [0.29, 0.717) is 11.0 Å². The van der Waals surface area contributed by atoms with Gasteiger partial charge in [0.15, 0.2) is 0 Å². The predicted octanol–water partition coefficient (Wildman–Crippen LogP) is 3.25. The summed E-state index contributed by atoms with van der Waals surface area (Å²) < 4.78 is 23.2. The van der Waals surface area contributed by atoms with Crippen LogP contribution in [0.4, 0.5) is 0 Å². The molecule has 7 heteroatoms. The molecule has 19 heavy (non-hydrogen) atoms. The van der Waals surface area contributed by atoms with Crippen molar-refractivity contribution < 1.29 is 13.2 Å². The largest absolute Gasteiger partial charge is 0.336 e. The van der Waals surface area contributed by atoms with E-state index in [2.05, 4.69) is 15.9 Å². The third-order valence-electron chi connectivity index (χ3n) is 2.67. The zero-order chi connectivity index (χ0) is 14.8. The van der Waals surface area contributed by atoms with Crippen LogP contribution < -0.4 is 0 Å². The minimum atomic E-state index is -3.85. The van der Waals surface area contributed by atoms with Crippen LogP contribution in [0.5, 0.6) is 0 Å². The maximum Gasteiger partial charge on any atom is 0.261 e. The Balaban J connectivity index is 3.30. The number of carbonyl (C=O) groups excluding carboxylic acids is 1. The van der Waals surface area contributed by atoms with E-state index < -0.39 is 9.05 Å². The number of rotatable bonds is 4. The Bertz CT molecular complexity index is 587. The van der Waals surface area contributed by atoms with Crippen LogP contribution in [0.15, 0.2) is 27.6 Å². The topological polar surface area (TPSA) is 54.5 Å². The number of hydrogen-bond donors (Lipinski definition) is 0. The van der Waals surface area contributed by atoms with Crippen LogP contribution >= 0.6 is 26.6 Å². The summed E-state index contributed by atoms with van der Waals surface area (Å²) in [6.07, 6.45) is 0. The fraction of sp³-hybridized carbons (Fsp3) is 0.417. The number of halogens is 2. The van der Waals surface area contributed by atoms with Crippen LogP contribution in [-0.4, -0.2) is 31.8 Å². The molecular formula is C12H15BrClNO3S. The Labute approximate surface area is 126 Å². The summed E-state index contributed by atoms with van der Waals surface area (Å²) in [6, 6.07) is 4.19. The lowest BCUT2D eigenvalue weighted by atomic mass is 10.1. The SMILES string of the molecule is CCN(C(=O)c1cc(S(=O)(=O)Cl)ccc1Br)C(C)C. The first-order chi connectivity index (χ1) is 8.68. The van der Waals surface area contributed by atoms with Crippen LogP contribution in [0.25, 0.3) is 0 Å². The zero-order valence-electron chi connectivity index (χ0n) is 10.9. The van der Waals surface area contributed by atoms with E-state index in [1.54, 1.807) is 4.90 Å². The summed E-state index contributed by atoms with van der Waals surface area (Å²) in [5, 5.41) is 0. The van der Waals surface area contributed by atoms with E-state index in [-0.39, 0.29) is 22.4 Å². The molecular weight excluding hydrogens is 354 g/mol. The maximum atomic E-state index is 12.4. The van der Waals surface area contributed by atoms with Crippen LogP contribution in [0.3, 0.4) is 0 Å². The lowest BCUT2D eigenvalue weighted by Crippen LogP contribution is -2.36. The smallest absolute Gasteiger partial charge is 0.261 e. The third kappa shape index (κ3) is 3.94. The maximum absolute atomic E-state index is 12.4. The highest BCUT2D eigenvalue weighted by atomic mass is 79.9. The Morgan fingerprint density at radius 1 is 1.42 bits per heavy atom. The van der Waals surface area contributed by atoms with Crippen LogP contribution in [0, 0.1) is 0 Å². The number of benzene rings is 1. The van der Waals surface area contributed by atoms with Crippen molar-refractivity contribution in [3.05, 3.63) is 28.2 Å². The average molecular weight is 369 g/mol. The summed E-state index contributed by atoms with van der Waals surface area (Å²) in [4.78, 5) is 13.9. The molecule has 1 aromatic rings. The number of nitrogens with zero attached hydrogens (tertiary/aromatic N) is 1. The Kier molecular flexibility index (Phi) is 5.41. The first kappa shape index (κ1) is 16.5. The van der Waals surface area contributed by atoms with Crippen molar-refractivity contribution in [3.8, 4) is 0 Å². The molecule has 0 saturated carbocycles. The molecule has 0 spiro atoms. The van der Waals surface area contributed by atoms with Crippen molar-refractivity contribution in [3.63, 3.8) is 0 Å². The van der Waals surface area contributed by atoms with Gasteiger partial charge in [-0.15, -0.1) is 0 Å². The van der Waals surface area contributed by atoms with Gasteiger partial charge in [-0.25, -0.2) is 8.42 Å². The number of amides is 1. The van der Waals surface area contributed by atoms with E-state index in [9.17, 15) is 13.2 Å². The van der Waals surface area contributed by atoms with Gasteiger partial charge in [0.2, 0.25) is 0 Å². The van der Waals surface area contributed by atoms with E-state index >= 15 is 0 Å². The van der Waals surface area contributed by atoms with Gasteiger partial charge in [-0.3, -0.25) is 4.79 Å². The van der Waals surface area contributed by atoms with E-state index in [0.717, 1.165) is 0 Å². The normalized spacial score (nSPS) is 11.7. The first-order valence-corrected chi connectivity index (χ1v) is 8.84. The van der Waals surface area contributed by atoms with E-state index in [1.807, 2.05) is 20.8 Å². The van der Waals surface area contributed by atoms with Crippen molar-refractivity contribution in [1.82, 2.24) is 4.90 Å². The summed E-state index contributed by atoms with van der Waals surface area (Å²) in [7, 11) is 1.45. The molecule has 0 aliphatic heterocycles. The summed E-state index contributed by atoms with van der Waals surface area (Å²) in [5.41, 5.74) is 0.289. The molecule has 1 rings (SSSR count). The molecule has 0 atom stereocenters. The Morgan fingerprint density at radius 3 is 2.42 bits per heavy atom. The third-order valence-corrected chi connectivity index (χ3v) is 4.72. The lowest BCUT2D eigenvalue weighted by Gasteiger charge is -2.25. The molecule has 0 heterocycles.